The van der Waals surface area contributed by atoms with Crippen molar-refractivity contribution in [2.45, 2.75) is 119 Å². The van der Waals surface area contributed by atoms with Crippen molar-refractivity contribution in [2.75, 3.05) is 0 Å². The molecule has 4 nitrogen and oxygen atoms in total. The Balaban J connectivity index is 1.38. The predicted molar refractivity (Wildman–Crippen MR) is 166 cm³/mol. The van der Waals surface area contributed by atoms with Crippen molar-refractivity contribution in [3.05, 3.63) is 59.0 Å². The van der Waals surface area contributed by atoms with Crippen LogP contribution in [0.15, 0.2) is 42.0 Å². The van der Waals surface area contributed by atoms with E-state index in [2.05, 4.69) is 59.4 Å². The molecule has 0 N–H and O–H groups in total. The summed E-state index contributed by atoms with van der Waals surface area (Å²) < 4.78 is 6.16. The fourth-order valence-electron chi connectivity index (χ4n) is 11.5. The third kappa shape index (κ3) is 3.97. The molecule has 4 unspecified atom stereocenters. The quantitative estimate of drug-likeness (QED) is 0.207. The Hall–Kier alpha value is -2.41. The number of fused-ring (bicyclic) bond motifs is 7. The van der Waals surface area contributed by atoms with E-state index < -0.39 is 16.9 Å². The van der Waals surface area contributed by atoms with Gasteiger partial charge in [0, 0.05) is 11.8 Å². The van der Waals surface area contributed by atoms with Crippen molar-refractivity contribution in [3.63, 3.8) is 0 Å². The molecule has 0 amide bonds. The third-order valence-electron chi connectivity index (χ3n) is 14.1. The van der Waals surface area contributed by atoms with Crippen LogP contribution in [-0.4, -0.2) is 17.8 Å². The molecule has 8 atom stereocenters. The maximum atomic E-state index is 14.2. The van der Waals surface area contributed by atoms with Gasteiger partial charge in [0.15, 0.2) is 0 Å². The molecule has 1 aromatic carbocycles. The van der Waals surface area contributed by atoms with E-state index in [-0.39, 0.29) is 39.3 Å². The lowest BCUT2D eigenvalue weighted by Gasteiger charge is -2.70. The maximum absolute atomic E-state index is 14.2. The van der Waals surface area contributed by atoms with Crippen molar-refractivity contribution in [1.29, 1.82) is 0 Å². The van der Waals surface area contributed by atoms with Gasteiger partial charge >= 0.3 is 5.97 Å². The third-order valence-corrected chi connectivity index (χ3v) is 14.1. The lowest BCUT2D eigenvalue weighted by Crippen LogP contribution is -2.66. The highest BCUT2D eigenvalue weighted by Crippen LogP contribution is 2.75. The molecule has 4 fully saturated rings. The Kier molecular flexibility index (Phi) is 6.74. The lowest BCUT2D eigenvalue weighted by molar-refractivity contribution is -0.192. The van der Waals surface area contributed by atoms with Crippen molar-refractivity contribution in [3.8, 4) is 0 Å². The molecule has 226 valence electrons. The molecule has 0 saturated heterocycles. The predicted octanol–water partition coefficient (Wildman–Crippen LogP) is 9.00. The van der Waals surface area contributed by atoms with Crippen LogP contribution in [0.3, 0.4) is 0 Å². The average Bonchev–Trinajstić information content (AvgIpc) is 2.94. The number of benzene rings is 1. The first-order valence-corrected chi connectivity index (χ1v) is 16.5. The number of nitrogens with zero attached hydrogens (tertiary/aromatic N) is 1. The summed E-state index contributed by atoms with van der Waals surface area (Å²) in [5.74, 6) is 1.08. The molecule has 42 heavy (non-hydrogen) atoms. The maximum Gasteiger partial charge on any atom is 0.313 e. The fourth-order valence-corrected chi connectivity index (χ4v) is 11.5. The second-order valence-corrected chi connectivity index (χ2v) is 16.9. The summed E-state index contributed by atoms with van der Waals surface area (Å²) in [6, 6.07) is 9.54. The van der Waals surface area contributed by atoms with Gasteiger partial charge < -0.3 is 9.58 Å². The first kappa shape index (κ1) is 29.7. The number of ketones is 1. The molecule has 1 aromatic rings. The first-order chi connectivity index (χ1) is 19.6. The Morgan fingerprint density at radius 3 is 2.31 bits per heavy atom. The number of carbonyl (C=O) groups is 2. The molecule has 0 heterocycles. The molecule has 0 radical (unpaired) electrons. The van der Waals surface area contributed by atoms with Gasteiger partial charge in [-0.3, -0.25) is 9.59 Å². The molecule has 6 rings (SSSR count). The Morgan fingerprint density at radius 2 is 1.62 bits per heavy atom. The lowest BCUT2D eigenvalue weighted by atomic mass is 9.33. The van der Waals surface area contributed by atoms with Crippen LogP contribution in [0.5, 0.6) is 0 Å². The largest absolute Gasteiger partial charge is 0.460 e. The van der Waals surface area contributed by atoms with Crippen LogP contribution in [-0.2, 0) is 20.9 Å². The molecule has 0 aromatic heterocycles. The average molecular weight is 570 g/mol. The van der Waals surface area contributed by atoms with Crippen LogP contribution in [0.1, 0.15) is 112 Å². The number of carbonyl (C=O) groups excluding carboxylic acids is 2. The standard InChI is InChI=1S/C38H51NO3/c1-33(2)18-20-38(32(41)42-24-25-12-10-9-11-13-25)21-19-36(6)26(27(38)22-33)14-15-30-35(5)23-28(39-8)31(40)34(3,4)29(35)16-17-37(30,36)7/h9-14,27-30H,15-24H2,1-7H3/t27?,28?,29?,30?,35-,36+,37+,38-/m0/s1. The zero-order valence-corrected chi connectivity index (χ0v) is 27.0. The summed E-state index contributed by atoms with van der Waals surface area (Å²) in [7, 11) is 0. The van der Waals surface area contributed by atoms with Crippen molar-refractivity contribution in [1.82, 2.24) is 0 Å². The summed E-state index contributed by atoms with van der Waals surface area (Å²) in [5, 5.41) is 0. The van der Waals surface area contributed by atoms with Crippen LogP contribution in [0, 0.1) is 56.8 Å². The first-order valence-electron chi connectivity index (χ1n) is 16.5. The van der Waals surface area contributed by atoms with Crippen LogP contribution in [0.4, 0.5) is 0 Å². The summed E-state index contributed by atoms with van der Waals surface area (Å²) >= 11 is 0. The molecule has 0 aliphatic heterocycles. The second-order valence-electron chi connectivity index (χ2n) is 16.9. The Labute approximate surface area is 253 Å². The normalized spacial score (nSPS) is 43.4. The SMILES string of the molecule is [C-]#[N+]C1C[C@@]2(C)C(CC[C@]3(C)C2CC=C2C4CC(C)(C)CC[C@]4(C(=O)OCc4ccccc4)CC[C@]23C)C(C)(C)C1=O. The molecule has 4 saturated carbocycles. The number of hydrogen-bond donors (Lipinski definition) is 0. The van der Waals surface area contributed by atoms with E-state index in [0.29, 0.717) is 24.9 Å². The van der Waals surface area contributed by atoms with Crippen molar-refractivity contribution >= 4 is 11.8 Å². The van der Waals surface area contributed by atoms with Crippen molar-refractivity contribution < 1.29 is 14.3 Å². The number of hydrogen-bond acceptors (Lipinski definition) is 3. The van der Waals surface area contributed by atoms with E-state index in [1.807, 2.05) is 30.3 Å². The molecular weight excluding hydrogens is 518 g/mol. The summed E-state index contributed by atoms with van der Waals surface area (Å²) in [4.78, 5) is 31.5. The van der Waals surface area contributed by atoms with Gasteiger partial charge in [0.05, 0.1) is 5.41 Å². The van der Waals surface area contributed by atoms with Gasteiger partial charge in [0.1, 0.15) is 6.61 Å². The van der Waals surface area contributed by atoms with Gasteiger partial charge in [0.25, 0.3) is 6.04 Å². The minimum Gasteiger partial charge on any atom is -0.460 e. The fraction of sp³-hybridized carbons (Fsp3) is 0.711. The molecule has 0 spiro atoms. The van der Waals surface area contributed by atoms with Gasteiger partial charge in [-0.2, -0.15) is 0 Å². The van der Waals surface area contributed by atoms with E-state index >= 15 is 0 Å². The van der Waals surface area contributed by atoms with E-state index in [0.717, 1.165) is 56.9 Å². The topological polar surface area (TPSA) is 47.7 Å². The van der Waals surface area contributed by atoms with Gasteiger partial charge in [-0.25, -0.2) is 6.57 Å². The second kappa shape index (κ2) is 9.54. The summed E-state index contributed by atoms with van der Waals surface area (Å²) in [6.45, 7) is 24.7. The molecule has 0 bridgehead atoms. The molecule has 5 aliphatic rings. The van der Waals surface area contributed by atoms with Crippen LogP contribution < -0.4 is 0 Å². The molecule has 5 aliphatic carbocycles. The van der Waals surface area contributed by atoms with Crippen LogP contribution in [0.25, 0.3) is 4.85 Å². The van der Waals surface area contributed by atoms with E-state index in [1.54, 1.807) is 0 Å². The smallest absolute Gasteiger partial charge is 0.313 e. The van der Waals surface area contributed by atoms with Gasteiger partial charge in [-0.05, 0) is 96.3 Å². The highest BCUT2D eigenvalue weighted by atomic mass is 16.5. The number of ether oxygens (including phenoxy) is 1. The van der Waals surface area contributed by atoms with E-state index in [9.17, 15) is 9.59 Å². The highest BCUT2D eigenvalue weighted by molar-refractivity contribution is 5.92. The van der Waals surface area contributed by atoms with E-state index in [4.69, 9.17) is 11.3 Å². The summed E-state index contributed by atoms with van der Waals surface area (Å²) in [6.07, 6.45) is 11.2. The van der Waals surface area contributed by atoms with Crippen LogP contribution >= 0.6 is 0 Å². The Bertz CT molecular complexity index is 1350. The van der Waals surface area contributed by atoms with Gasteiger partial charge in [-0.1, -0.05) is 90.4 Å². The van der Waals surface area contributed by atoms with Gasteiger partial charge in [0.2, 0.25) is 5.78 Å². The zero-order chi connectivity index (χ0) is 30.3. The number of Topliss-reactive ketones (excluding diaryl/α,β-unsaturated/α-hetero) is 1. The summed E-state index contributed by atoms with van der Waals surface area (Å²) in [5.41, 5.74) is 1.83. The monoisotopic (exact) mass is 569 g/mol. The zero-order valence-electron chi connectivity index (χ0n) is 27.0. The minimum absolute atomic E-state index is 0.00481. The Morgan fingerprint density at radius 1 is 0.929 bits per heavy atom. The highest BCUT2D eigenvalue weighted by Gasteiger charge is 2.71. The van der Waals surface area contributed by atoms with Crippen molar-refractivity contribution in [2.24, 2.45) is 50.2 Å². The minimum atomic E-state index is -0.528. The van der Waals surface area contributed by atoms with Crippen LogP contribution in [0.2, 0.25) is 0 Å². The van der Waals surface area contributed by atoms with Gasteiger partial charge in [-0.15, -0.1) is 0 Å². The number of allylic oxidation sites excluding steroid dienone is 2. The number of esters is 1. The van der Waals surface area contributed by atoms with E-state index in [1.165, 1.54) is 5.57 Å². The molecule has 4 heteroatoms. The molecular formula is C38H51NO3. The number of rotatable bonds is 3.